The molecular weight excluding hydrogens is 845 g/mol. The average molecular weight is 903 g/mol. The summed E-state index contributed by atoms with van der Waals surface area (Å²) in [6.07, 6.45) is -0.0881. The third kappa shape index (κ3) is 11.9. The van der Waals surface area contributed by atoms with Crippen LogP contribution in [0.1, 0.15) is 78.6 Å². The Hall–Kier alpha value is -7.59. The average Bonchev–Trinajstić information content (AvgIpc) is 3.26. The summed E-state index contributed by atoms with van der Waals surface area (Å²) in [5, 5.41) is 31.0. The highest BCUT2D eigenvalue weighted by Crippen LogP contribution is 2.39. The number of carbonyl (C=O) groups is 5. The van der Waals surface area contributed by atoms with E-state index in [9.17, 15) is 29.1 Å². The Morgan fingerprint density at radius 1 is 1.00 bits per heavy atom. The lowest BCUT2D eigenvalue weighted by Crippen LogP contribution is -2.56. The van der Waals surface area contributed by atoms with Gasteiger partial charge in [0.1, 0.15) is 48.8 Å². The van der Waals surface area contributed by atoms with Crippen molar-refractivity contribution < 1.29 is 33.8 Å². The molecular formula is C47H58N12O7. The molecule has 1 aliphatic heterocycles. The number of aromatic nitrogens is 2. The Balaban J connectivity index is 1.55. The minimum Gasteiger partial charge on any atom is -0.507 e. The van der Waals surface area contributed by atoms with Crippen LogP contribution in [0.15, 0.2) is 65.7 Å². The minimum absolute atomic E-state index is 0.00934. The molecule has 0 saturated heterocycles. The van der Waals surface area contributed by atoms with Gasteiger partial charge in [0.2, 0.25) is 23.6 Å². The monoisotopic (exact) mass is 902 g/mol. The van der Waals surface area contributed by atoms with Gasteiger partial charge in [-0.15, -0.1) is 0 Å². The number of ether oxygens (including phenoxy) is 1. The second-order valence-corrected chi connectivity index (χ2v) is 17.0. The maximum atomic E-state index is 14.7. The molecule has 4 bridgehead atoms. The molecule has 0 fully saturated rings. The summed E-state index contributed by atoms with van der Waals surface area (Å²) in [4.78, 5) is 84.6. The number of hydrogen-bond acceptors (Lipinski definition) is 12. The van der Waals surface area contributed by atoms with E-state index in [0.29, 0.717) is 28.3 Å². The van der Waals surface area contributed by atoms with Crippen molar-refractivity contribution in [3.63, 3.8) is 0 Å². The molecule has 3 aromatic carbocycles. The van der Waals surface area contributed by atoms with Crippen molar-refractivity contribution in [2.75, 3.05) is 33.3 Å². The number of guanidine groups is 1. The zero-order valence-corrected chi connectivity index (χ0v) is 38.2. The second kappa shape index (κ2) is 21.4. The highest BCUT2D eigenvalue weighted by molar-refractivity contribution is 6.00. The number of nitrogens with zero attached hydrogens (tertiary/aromatic N) is 5. The van der Waals surface area contributed by atoms with Crippen LogP contribution in [0.25, 0.3) is 22.5 Å². The normalized spacial score (nSPS) is 16.6. The third-order valence-corrected chi connectivity index (χ3v) is 11.0. The van der Waals surface area contributed by atoms with E-state index in [1.165, 1.54) is 20.0 Å². The first-order valence-electron chi connectivity index (χ1n) is 21.4. The molecule has 0 saturated carbocycles. The number of hydrogen-bond donors (Lipinski definition) is 8. The molecule has 5 rings (SSSR count). The summed E-state index contributed by atoms with van der Waals surface area (Å²) in [6.45, 7) is 10.9. The van der Waals surface area contributed by atoms with Crippen LogP contribution in [0.4, 0.5) is 0 Å². The Morgan fingerprint density at radius 2 is 1.68 bits per heavy atom. The van der Waals surface area contributed by atoms with Crippen LogP contribution in [-0.4, -0.2) is 107 Å². The molecule has 1 aliphatic rings. The highest BCUT2D eigenvalue weighted by atomic mass is 16.5. The zero-order chi connectivity index (χ0) is 48.5. The van der Waals surface area contributed by atoms with Gasteiger partial charge >= 0.3 is 0 Å². The number of amides is 5. The van der Waals surface area contributed by atoms with E-state index in [1.807, 2.05) is 30.3 Å². The van der Waals surface area contributed by atoms with Crippen molar-refractivity contribution in [1.29, 1.82) is 5.26 Å². The van der Waals surface area contributed by atoms with Crippen molar-refractivity contribution in [2.45, 2.75) is 84.0 Å². The number of nitrogens with one attached hydrogen (secondary N) is 4. The predicted octanol–water partition coefficient (Wildman–Crippen LogP) is 1.92. The predicted molar refractivity (Wildman–Crippen MR) is 248 cm³/mol. The zero-order valence-electron chi connectivity index (χ0n) is 38.2. The Labute approximate surface area is 383 Å². The molecule has 19 heteroatoms. The lowest BCUT2D eigenvalue weighted by atomic mass is 9.86. The van der Waals surface area contributed by atoms with Crippen molar-refractivity contribution in [3.05, 3.63) is 94.3 Å². The lowest BCUT2D eigenvalue weighted by molar-refractivity contribution is -0.141. The molecule has 1 aromatic heterocycles. The standard InChI is InChI=1S/C47H58N12O7/c1-25-38(26(2)55-40(54-25)29-9-12-31(13-10-29)47(4,5)6)43(63)57-34(16-17-48)45(65)59(7)39-30-11-15-37(66-21-20-53-46(50)51)33(24-30)32-22-28(8-14-36(32)60)23-35(42(62)52-19-18-49)58-41(61)27(3)56-44(39)64/h8-15,22,24,27,34-35,39,60H,16-17,19-21,23,48H2,1-7H3,(H,52,62)(H,56,64)(H,57,63)(H,58,61)(H4,50,51,53)/t27-,34?,35-,39-/m0/s1. The van der Waals surface area contributed by atoms with E-state index in [4.69, 9.17) is 27.2 Å². The molecule has 19 nitrogen and oxygen atoms in total. The first kappa shape index (κ1) is 49.4. The number of phenolic OH excluding ortho intramolecular Hbond substituents is 1. The smallest absolute Gasteiger partial charge is 0.255 e. The number of nitrogens with two attached hydrogens (primary N) is 3. The molecule has 1 unspecified atom stereocenters. The maximum absolute atomic E-state index is 14.7. The molecule has 0 spiro atoms. The van der Waals surface area contributed by atoms with Gasteiger partial charge in [0.15, 0.2) is 11.8 Å². The number of aliphatic imine (C=N–C) groups is 1. The number of rotatable bonds is 13. The van der Waals surface area contributed by atoms with E-state index in [-0.39, 0.29) is 78.6 Å². The van der Waals surface area contributed by atoms with Gasteiger partial charge in [-0.2, -0.15) is 5.26 Å². The Morgan fingerprint density at radius 3 is 2.30 bits per heavy atom. The van der Waals surface area contributed by atoms with E-state index in [0.717, 1.165) is 16.0 Å². The number of fused-ring (bicyclic) bond motifs is 5. The molecule has 5 amide bonds. The van der Waals surface area contributed by atoms with Crippen LogP contribution in [0.5, 0.6) is 11.5 Å². The first-order chi connectivity index (χ1) is 31.2. The minimum atomic E-state index is -1.46. The van der Waals surface area contributed by atoms with Gasteiger partial charge in [-0.1, -0.05) is 57.2 Å². The van der Waals surface area contributed by atoms with E-state index >= 15 is 0 Å². The topological polar surface area (TPSA) is 306 Å². The van der Waals surface area contributed by atoms with E-state index < -0.39 is 53.7 Å². The molecule has 0 radical (unpaired) electrons. The molecule has 66 heavy (non-hydrogen) atoms. The molecule has 348 valence electrons. The quantitative estimate of drug-likeness (QED) is 0.0412. The van der Waals surface area contributed by atoms with Gasteiger partial charge in [0.25, 0.3) is 5.91 Å². The molecule has 2 heterocycles. The maximum Gasteiger partial charge on any atom is 0.255 e. The number of benzene rings is 3. The summed E-state index contributed by atoms with van der Waals surface area (Å²) in [6, 6.07) is 13.8. The van der Waals surface area contributed by atoms with E-state index in [2.05, 4.69) is 57.0 Å². The summed E-state index contributed by atoms with van der Waals surface area (Å²) >= 11 is 0. The lowest BCUT2D eigenvalue weighted by Gasteiger charge is -2.32. The van der Waals surface area contributed by atoms with Gasteiger partial charge in [-0.25, -0.2) is 9.97 Å². The molecule has 0 aliphatic carbocycles. The Bertz CT molecular complexity index is 2520. The van der Waals surface area contributed by atoms with Gasteiger partial charge < -0.3 is 53.2 Å². The Kier molecular flexibility index (Phi) is 16.0. The number of aromatic hydroxyl groups is 1. The summed E-state index contributed by atoms with van der Waals surface area (Å²) in [5.41, 5.74) is 21.1. The summed E-state index contributed by atoms with van der Waals surface area (Å²) < 4.78 is 6.08. The summed E-state index contributed by atoms with van der Waals surface area (Å²) in [7, 11) is 1.38. The van der Waals surface area contributed by atoms with Gasteiger partial charge in [-0.3, -0.25) is 29.0 Å². The van der Waals surface area contributed by atoms with Crippen LogP contribution in [0.2, 0.25) is 0 Å². The SMILES string of the molecule is Cc1nc(-c2ccc(C(C)(C)C)cc2)nc(C)c1C(=O)NC(CCN)C(=O)N(C)[C@@H]1C(=O)N[C@@H](C)C(=O)N[C@H](C(=O)NCC#N)Cc2ccc(O)c(c2)-c2cc1ccc2OCCN=C(N)N. The number of likely N-dealkylation sites (N-methyl/N-ethyl adjacent to an activating group) is 1. The second-order valence-electron chi connectivity index (χ2n) is 17.0. The van der Waals surface area contributed by atoms with Crippen LogP contribution in [-0.2, 0) is 31.0 Å². The van der Waals surface area contributed by atoms with E-state index in [1.54, 1.807) is 44.2 Å². The van der Waals surface area contributed by atoms with Crippen LogP contribution >= 0.6 is 0 Å². The molecule has 4 atom stereocenters. The third-order valence-electron chi connectivity index (χ3n) is 11.0. The number of carbonyl (C=O) groups excluding carboxylic acids is 5. The van der Waals surface area contributed by atoms with Crippen LogP contribution in [0.3, 0.4) is 0 Å². The van der Waals surface area contributed by atoms with Crippen molar-refractivity contribution in [1.82, 2.24) is 36.1 Å². The number of aryl methyl sites for hydroxylation is 2. The van der Waals surface area contributed by atoms with Crippen molar-refractivity contribution in [3.8, 4) is 40.1 Å². The van der Waals surface area contributed by atoms with Crippen LogP contribution < -0.4 is 43.2 Å². The van der Waals surface area contributed by atoms with Crippen molar-refractivity contribution >= 4 is 35.5 Å². The molecule has 11 N–H and O–H groups in total. The fourth-order valence-corrected chi connectivity index (χ4v) is 7.53. The first-order valence-corrected chi connectivity index (χ1v) is 21.4. The summed E-state index contributed by atoms with van der Waals surface area (Å²) in [5.74, 6) is -3.18. The fourth-order valence-electron chi connectivity index (χ4n) is 7.53. The van der Waals surface area contributed by atoms with Gasteiger partial charge in [0, 0.05) is 30.2 Å². The number of nitriles is 1. The van der Waals surface area contributed by atoms with Gasteiger partial charge in [0.05, 0.1) is 29.6 Å². The van der Waals surface area contributed by atoms with Gasteiger partial charge in [-0.05, 0) is 80.1 Å². The fraction of sp³-hybridized carbons (Fsp3) is 0.383. The molecule has 4 aromatic rings. The number of phenols is 1. The highest BCUT2D eigenvalue weighted by Gasteiger charge is 2.36. The van der Waals surface area contributed by atoms with Crippen LogP contribution in [0, 0.1) is 25.2 Å². The largest absolute Gasteiger partial charge is 0.507 e. The van der Waals surface area contributed by atoms with Crippen molar-refractivity contribution in [2.24, 2.45) is 22.2 Å².